The van der Waals surface area contributed by atoms with Crippen molar-refractivity contribution in [3.63, 3.8) is 0 Å². The minimum absolute atomic E-state index is 0.378. The van der Waals surface area contributed by atoms with E-state index in [9.17, 15) is 0 Å². The van der Waals surface area contributed by atoms with Gasteiger partial charge in [0, 0.05) is 28.4 Å². The molecule has 3 nitrogen and oxygen atoms in total. The fourth-order valence-corrected chi connectivity index (χ4v) is 3.17. The summed E-state index contributed by atoms with van der Waals surface area (Å²) in [6.45, 7) is 3.97. The summed E-state index contributed by atoms with van der Waals surface area (Å²) >= 11 is 3.56. The molecule has 20 heavy (non-hydrogen) atoms. The summed E-state index contributed by atoms with van der Waals surface area (Å²) in [7, 11) is 0. The van der Waals surface area contributed by atoms with Crippen LogP contribution in [0.3, 0.4) is 0 Å². The summed E-state index contributed by atoms with van der Waals surface area (Å²) in [5, 5.41) is 4.67. The van der Waals surface area contributed by atoms with Gasteiger partial charge in [0.1, 0.15) is 5.82 Å². The van der Waals surface area contributed by atoms with Crippen LogP contribution in [0.25, 0.3) is 10.9 Å². The maximum Gasteiger partial charge on any atom is 0.126 e. The fraction of sp³-hybridized carbons (Fsp3) is 0.438. The predicted octanol–water partition coefficient (Wildman–Crippen LogP) is 4.22. The van der Waals surface area contributed by atoms with E-state index in [-0.39, 0.29) is 0 Å². The van der Waals surface area contributed by atoms with E-state index in [2.05, 4.69) is 46.4 Å². The Morgan fingerprint density at radius 1 is 1.35 bits per heavy atom. The SMILES string of the molecule is C[C@H](Nc1ccc2cccc(Br)c2n1)[C@@H]1CCCOC1. The highest BCUT2D eigenvalue weighted by Gasteiger charge is 2.20. The third-order valence-corrected chi connectivity index (χ3v) is 4.59. The predicted molar refractivity (Wildman–Crippen MR) is 86.1 cm³/mol. The molecule has 1 aromatic carbocycles. The van der Waals surface area contributed by atoms with E-state index in [0.717, 1.165) is 40.8 Å². The van der Waals surface area contributed by atoms with Gasteiger partial charge < -0.3 is 10.1 Å². The maximum atomic E-state index is 5.56. The number of hydrogen-bond donors (Lipinski definition) is 1. The highest BCUT2D eigenvalue weighted by atomic mass is 79.9. The Kier molecular flexibility index (Phi) is 4.22. The number of para-hydroxylation sites is 1. The number of ether oxygens (including phenoxy) is 1. The molecule has 106 valence electrons. The van der Waals surface area contributed by atoms with Crippen LogP contribution < -0.4 is 5.32 Å². The Morgan fingerprint density at radius 3 is 3.05 bits per heavy atom. The molecule has 0 saturated carbocycles. The second-order valence-corrected chi connectivity index (χ2v) is 6.27. The van der Waals surface area contributed by atoms with Crippen molar-refractivity contribution in [2.24, 2.45) is 5.92 Å². The monoisotopic (exact) mass is 334 g/mol. The van der Waals surface area contributed by atoms with Crippen molar-refractivity contribution in [1.29, 1.82) is 0 Å². The van der Waals surface area contributed by atoms with Gasteiger partial charge in [0.05, 0.1) is 12.1 Å². The molecule has 0 spiro atoms. The summed E-state index contributed by atoms with van der Waals surface area (Å²) in [4.78, 5) is 4.71. The van der Waals surface area contributed by atoms with Crippen LogP contribution in [0.1, 0.15) is 19.8 Å². The second-order valence-electron chi connectivity index (χ2n) is 5.42. The molecule has 1 aliphatic heterocycles. The second kappa shape index (κ2) is 6.10. The Hall–Kier alpha value is -1.13. The molecule has 0 aliphatic carbocycles. The van der Waals surface area contributed by atoms with Gasteiger partial charge in [-0.3, -0.25) is 0 Å². The number of benzene rings is 1. The number of nitrogens with one attached hydrogen (secondary N) is 1. The van der Waals surface area contributed by atoms with E-state index in [1.807, 2.05) is 12.1 Å². The molecule has 0 bridgehead atoms. The summed E-state index contributed by atoms with van der Waals surface area (Å²) in [6.07, 6.45) is 2.39. The summed E-state index contributed by atoms with van der Waals surface area (Å²) < 4.78 is 6.60. The molecule has 0 radical (unpaired) electrons. The molecule has 2 atom stereocenters. The zero-order chi connectivity index (χ0) is 13.9. The fourth-order valence-electron chi connectivity index (χ4n) is 2.70. The Bertz CT molecular complexity index is 596. The lowest BCUT2D eigenvalue weighted by atomic mass is 9.95. The van der Waals surface area contributed by atoms with Crippen molar-refractivity contribution in [3.8, 4) is 0 Å². The largest absolute Gasteiger partial charge is 0.381 e. The minimum atomic E-state index is 0.378. The molecule has 0 unspecified atom stereocenters. The van der Waals surface area contributed by atoms with Gasteiger partial charge in [-0.1, -0.05) is 12.1 Å². The van der Waals surface area contributed by atoms with E-state index in [0.29, 0.717) is 12.0 Å². The van der Waals surface area contributed by atoms with Gasteiger partial charge in [-0.2, -0.15) is 0 Å². The number of anilines is 1. The topological polar surface area (TPSA) is 34.2 Å². The third kappa shape index (κ3) is 2.96. The van der Waals surface area contributed by atoms with Gasteiger partial charge in [-0.05, 0) is 53.9 Å². The van der Waals surface area contributed by atoms with Gasteiger partial charge in [-0.15, -0.1) is 0 Å². The van der Waals surface area contributed by atoms with Crippen molar-refractivity contribution in [3.05, 3.63) is 34.8 Å². The molecular formula is C16H19BrN2O. The first-order valence-electron chi connectivity index (χ1n) is 7.13. The van der Waals surface area contributed by atoms with Crippen molar-refractivity contribution in [1.82, 2.24) is 4.98 Å². The number of hydrogen-bond acceptors (Lipinski definition) is 3. The molecule has 2 aromatic rings. The van der Waals surface area contributed by atoms with Gasteiger partial charge in [0.25, 0.3) is 0 Å². The van der Waals surface area contributed by atoms with E-state index in [1.54, 1.807) is 0 Å². The maximum absolute atomic E-state index is 5.56. The number of rotatable bonds is 3. The Balaban J connectivity index is 1.78. The first-order chi connectivity index (χ1) is 9.74. The van der Waals surface area contributed by atoms with E-state index < -0.39 is 0 Å². The van der Waals surface area contributed by atoms with Crippen LogP contribution in [0.15, 0.2) is 34.8 Å². The molecule has 4 heteroatoms. The summed E-state index contributed by atoms with van der Waals surface area (Å²) in [5.74, 6) is 1.50. The number of pyridine rings is 1. The first-order valence-corrected chi connectivity index (χ1v) is 7.93. The lowest BCUT2D eigenvalue weighted by Crippen LogP contribution is -2.32. The average molecular weight is 335 g/mol. The van der Waals surface area contributed by atoms with Gasteiger partial charge >= 0.3 is 0 Å². The average Bonchev–Trinajstić information content (AvgIpc) is 2.49. The van der Waals surface area contributed by atoms with Crippen LogP contribution >= 0.6 is 15.9 Å². The van der Waals surface area contributed by atoms with Crippen LogP contribution in [0.4, 0.5) is 5.82 Å². The van der Waals surface area contributed by atoms with E-state index >= 15 is 0 Å². The normalized spacial score (nSPS) is 20.8. The minimum Gasteiger partial charge on any atom is -0.381 e. The summed E-state index contributed by atoms with van der Waals surface area (Å²) in [5.41, 5.74) is 1.00. The smallest absolute Gasteiger partial charge is 0.126 e. The van der Waals surface area contributed by atoms with Crippen molar-refractivity contribution in [2.45, 2.75) is 25.8 Å². The van der Waals surface area contributed by atoms with E-state index in [1.165, 1.54) is 6.42 Å². The quantitative estimate of drug-likeness (QED) is 0.912. The first kappa shape index (κ1) is 13.8. The number of aromatic nitrogens is 1. The highest BCUT2D eigenvalue weighted by molar-refractivity contribution is 9.10. The lowest BCUT2D eigenvalue weighted by Gasteiger charge is -2.28. The highest BCUT2D eigenvalue weighted by Crippen LogP contribution is 2.25. The van der Waals surface area contributed by atoms with Gasteiger partial charge in [-0.25, -0.2) is 4.98 Å². The molecule has 0 amide bonds. The molecule has 1 saturated heterocycles. The van der Waals surface area contributed by atoms with Gasteiger partial charge in [0.2, 0.25) is 0 Å². The number of fused-ring (bicyclic) bond motifs is 1. The van der Waals surface area contributed by atoms with Crippen LogP contribution in [-0.4, -0.2) is 24.2 Å². The van der Waals surface area contributed by atoms with Crippen LogP contribution in [0, 0.1) is 5.92 Å². The third-order valence-electron chi connectivity index (χ3n) is 3.95. The lowest BCUT2D eigenvalue weighted by molar-refractivity contribution is 0.0496. The Morgan fingerprint density at radius 2 is 2.25 bits per heavy atom. The molecule has 1 N–H and O–H groups in total. The zero-order valence-electron chi connectivity index (χ0n) is 11.6. The van der Waals surface area contributed by atoms with Crippen LogP contribution in [-0.2, 0) is 4.74 Å². The van der Waals surface area contributed by atoms with Crippen LogP contribution in [0.2, 0.25) is 0 Å². The van der Waals surface area contributed by atoms with Crippen molar-refractivity contribution >= 4 is 32.7 Å². The molecule has 2 heterocycles. The van der Waals surface area contributed by atoms with Crippen LogP contribution in [0.5, 0.6) is 0 Å². The van der Waals surface area contributed by atoms with Crippen molar-refractivity contribution in [2.75, 3.05) is 18.5 Å². The molecular weight excluding hydrogens is 316 g/mol. The molecule has 1 fully saturated rings. The van der Waals surface area contributed by atoms with E-state index in [4.69, 9.17) is 9.72 Å². The zero-order valence-corrected chi connectivity index (χ0v) is 13.2. The molecule has 1 aliphatic rings. The Labute approximate surface area is 127 Å². The molecule has 3 rings (SSSR count). The van der Waals surface area contributed by atoms with Crippen molar-refractivity contribution < 1.29 is 4.74 Å². The standard InChI is InChI=1S/C16H19BrN2O/c1-11(13-5-3-9-20-10-13)18-15-8-7-12-4-2-6-14(17)16(12)19-15/h2,4,6-8,11,13H,3,5,9-10H2,1H3,(H,18,19)/t11-,13+/m0/s1. The number of nitrogens with zero attached hydrogens (tertiary/aromatic N) is 1. The number of halogens is 1. The molecule has 1 aromatic heterocycles. The summed E-state index contributed by atoms with van der Waals surface area (Å²) in [6, 6.07) is 10.7. The van der Waals surface area contributed by atoms with Gasteiger partial charge in [0.15, 0.2) is 0 Å².